The van der Waals surface area contributed by atoms with Gasteiger partial charge >= 0.3 is 0 Å². The first-order chi connectivity index (χ1) is 12.1. The molecule has 0 saturated heterocycles. The summed E-state index contributed by atoms with van der Waals surface area (Å²) in [6.07, 6.45) is 3.48. The molecular formula is C16H15Cl2N3O2S2. The summed E-state index contributed by atoms with van der Waals surface area (Å²) in [6.45, 7) is 0.590. The van der Waals surface area contributed by atoms with Crippen LogP contribution in [-0.2, 0) is 6.42 Å². The molecule has 132 valence electrons. The molecule has 3 aromatic rings. The van der Waals surface area contributed by atoms with E-state index in [-0.39, 0.29) is 5.91 Å². The number of nitrogens with zero attached hydrogens (tertiary/aromatic N) is 2. The summed E-state index contributed by atoms with van der Waals surface area (Å²) in [4.78, 5) is 17.4. The molecule has 5 nitrogen and oxygen atoms in total. The van der Waals surface area contributed by atoms with Gasteiger partial charge in [0.15, 0.2) is 0 Å². The predicted molar refractivity (Wildman–Crippen MR) is 102 cm³/mol. The number of aromatic nitrogens is 2. The fourth-order valence-corrected chi connectivity index (χ4v) is 4.34. The third kappa shape index (κ3) is 5.04. The van der Waals surface area contributed by atoms with Crippen LogP contribution in [0.2, 0.25) is 8.67 Å². The van der Waals surface area contributed by atoms with Gasteiger partial charge in [-0.2, -0.15) is 4.98 Å². The molecule has 0 radical (unpaired) electrons. The van der Waals surface area contributed by atoms with Crippen LogP contribution in [0.5, 0.6) is 0 Å². The number of carbonyl (C=O) groups excluding carboxylic acids is 1. The second kappa shape index (κ2) is 8.80. The number of rotatable bonds is 8. The first-order valence-electron chi connectivity index (χ1n) is 7.73. The van der Waals surface area contributed by atoms with Gasteiger partial charge in [-0.05, 0) is 30.4 Å². The number of hydrogen-bond donors (Lipinski definition) is 1. The van der Waals surface area contributed by atoms with Crippen LogP contribution < -0.4 is 5.32 Å². The van der Waals surface area contributed by atoms with Crippen LogP contribution in [0.1, 0.15) is 35.5 Å². The molecule has 3 aromatic heterocycles. The summed E-state index contributed by atoms with van der Waals surface area (Å²) < 4.78 is 6.18. The highest BCUT2D eigenvalue weighted by Gasteiger charge is 2.13. The summed E-state index contributed by atoms with van der Waals surface area (Å²) >= 11 is 14.6. The second-order valence-electron chi connectivity index (χ2n) is 5.29. The van der Waals surface area contributed by atoms with Crippen LogP contribution in [0, 0.1) is 0 Å². The number of nitrogens with one attached hydrogen (secondary N) is 1. The Morgan fingerprint density at radius 2 is 2.16 bits per heavy atom. The number of hydrogen-bond acceptors (Lipinski definition) is 6. The molecule has 0 aliphatic heterocycles. The fourth-order valence-electron chi connectivity index (χ4n) is 2.23. The lowest BCUT2D eigenvalue weighted by Gasteiger charge is -2.03. The molecule has 0 unspecified atom stereocenters. The molecule has 1 amide bonds. The van der Waals surface area contributed by atoms with E-state index in [9.17, 15) is 4.79 Å². The van der Waals surface area contributed by atoms with E-state index >= 15 is 0 Å². The monoisotopic (exact) mass is 415 g/mol. The average Bonchev–Trinajstić information content (AvgIpc) is 3.31. The Kier molecular flexibility index (Phi) is 6.47. The van der Waals surface area contributed by atoms with Crippen molar-refractivity contribution in [2.24, 2.45) is 0 Å². The zero-order valence-electron chi connectivity index (χ0n) is 13.1. The van der Waals surface area contributed by atoms with E-state index in [2.05, 4.69) is 15.5 Å². The molecule has 0 fully saturated rings. The Bertz CT molecular complexity index is 830. The number of unbranched alkanes of at least 4 members (excludes halogenated alkanes) is 2. The quantitative estimate of drug-likeness (QED) is 0.506. The van der Waals surface area contributed by atoms with E-state index in [0.717, 1.165) is 30.6 Å². The molecule has 1 N–H and O–H groups in total. The van der Waals surface area contributed by atoms with E-state index in [1.54, 1.807) is 17.4 Å². The van der Waals surface area contributed by atoms with Crippen molar-refractivity contribution in [3.63, 3.8) is 0 Å². The Morgan fingerprint density at radius 3 is 2.88 bits per heavy atom. The number of aryl methyl sites for hydroxylation is 1. The summed E-state index contributed by atoms with van der Waals surface area (Å²) in [6, 6.07) is 5.51. The minimum absolute atomic E-state index is 0.189. The Morgan fingerprint density at radius 1 is 1.28 bits per heavy atom. The van der Waals surface area contributed by atoms with E-state index in [0.29, 0.717) is 32.5 Å². The van der Waals surface area contributed by atoms with Crippen molar-refractivity contribution in [1.82, 2.24) is 15.5 Å². The highest BCUT2D eigenvalue weighted by molar-refractivity contribution is 7.20. The molecule has 0 aromatic carbocycles. The SMILES string of the molecule is O=C(NCCCCCc1nc(-c2cccs2)no1)c1cc(Cl)sc1Cl. The van der Waals surface area contributed by atoms with Crippen molar-refractivity contribution in [3.05, 3.63) is 43.7 Å². The van der Waals surface area contributed by atoms with Gasteiger partial charge < -0.3 is 9.84 Å². The van der Waals surface area contributed by atoms with E-state index < -0.39 is 0 Å². The summed E-state index contributed by atoms with van der Waals surface area (Å²) in [5.74, 6) is 1.10. The molecule has 0 bridgehead atoms. The van der Waals surface area contributed by atoms with Crippen LogP contribution in [0.3, 0.4) is 0 Å². The van der Waals surface area contributed by atoms with Crippen LogP contribution >= 0.6 is 45.9 Å². The van der Waals surface area contributed by atoms with Gasteiger partial charge in [-0.1, -0.05) is 40.8 Å². The second-order valence-corrected chi connectivity index (χ2v) is 8.53. The molecule has 3 heterocycles. The van der Waals surface area contributed by atoms with E-state index in [1.165, 1.54) is 11.3 Å². The lowest BCUT2D eigenvalue weighted by atomic mass is 10.2. The highest BCUT2D eigenvalue weighted by atomic mass is 35.5. The molecule has 0 saturated carbocycles. The normalized spacial score (nSPS) is 11.0. The Hall–Kier alpha value is -1.41. The minimum Gasteiger partial charge on any atom is -0.352 e. The number of thiophene rings is 2. The maximum Gasteiger partial charge on any atom is 0.253 e. The number of halogens is 2. The zero-order valence-corrected chi connectivity index (χ0v) is 16.3. The molecule has 0 atom stereocenters. The molecule has 0 aliphatic rings. The molecule has 0 spiro atoms. The summed E-state index contributed by atoms with van der Waals surface area (Å²) in [7, 11) is 0. The van der Waals surface area contributed by atoms with Gasteiger partial charge in [0.1, 0.15) is 4.34 Å². The zero-order chi connectivity index (χ0) is 17.6. The van der Waals surface area contributed by atoms with E-state index in [1.807, 2.05) is 17.5 Å². The van der Waals surface area contributed by atoms with Crippen molar-refractivity contribution in [3.8, 4) is 10.7 Å². The first kappa shape index (κ1) is 18.4. The van der Waals surface area contributed by atoms with Crippen molar-refractivity contribution in [1.29, 1.82) is 0 Å². The Balaban J connectivity index is 1.34. The lowest BCUT2D eigenvalue weighted by molar-refractivity contribution is 0.0953. The van der Waals surface area contributed by atoms with E-state index in [4.69, 9.17) is 27.7 Å². The van der Waals surface area contributed by atoms with Crippen LogP contribution in [0.4, 0.5) is 0 Å². The third-order valence-corrected chi connectivity index (χ3v) is 5.82. The fraction of sp³-hybridized carbons (Fsp3) is 0.312. The van der Waals surface area contributed by atoms with Gasteiger partial charge in [-0.25, -0.2) is 0 Å². The lowest BCUT2D eigenvalue weighted by Crippen LogP contribution is -2.24. The minimum atomic E-state index is -0.189. The summed E-state index contributed by atoms with van der Waals surface area (Å²) in [5.41, 5.74) is 0.434. The van der Waals surface area contributed by atoms with Gasteiger partial charge in [-0.15, -0.1) is 22.7 Å². The van der Waals surface area contributed by atoms with Gasteiger partial charge in [0, 0.05) is 13.0 Å². The van der Waals surface area contributed by atoms with Gasteiger partial charge in [0.05, 0.1) is 14.8 Å². The number of carbonyl (C=O) groups is 1. The van der Waals surface area contributed by atoms with Crippen LogP contribution in [-0.4, -0.2) is 22.6 Å². The smallest absolute Gasteiger partial charge is 0.253 e. The third-order valence-electron chi connectivity index (χ3n) is 3.46. The molecular weight excluding hydrogens is 401 g/mol. The maximum absolute atomic E-state index is 12.0. The predicted octanol–water partition coefficient (Wildman–Crippen LogP) is 5.31. The Labute approximate surface area is 163 Å². The standard InChI is InChI=1S/C16H15Cl2N3O2S2/c17-12-9-10(14(18)25-12)16(22)19-7-3-1-2-6-13-20-15(21-23-13)11-5-4-8-24-11/h4-5,8-9H,1-3,6-7H2,(H,19,22). The molecule has 0 aliphatic carbocycles. The van der Waals surface area contributed by atoms with Crippen LogP contribution in [0.25, 0.3) is 10.7 Å². The topological polar surface area (TPSA) is 68.0 Å². The van der Waals surface area contributed by atoms with Crippen molar-refractivity contribution >= 4 is 51.8 Å². The van der Waals surface area contributed by atoms with Crippen molar-refractivity contribution in [2.75, 3.05) is 6.54 Å². The summed E-state index contributed by atoms with van der Waals surface area (Å²) in [5, 5.41) is 8.82. The molecule has 9 heteroatoms. The maximum atomic E-state index is 12.0. The molecule has 3 rings (SSSR count). The highest BCUT2D eigenvalue weighted by Crippen LogP contribution is 2.30. The van der Waals surface area contributed by atoms with Gasteiger partial charge in [0.25, 0.3) is 5.91 Å². The largest absolute Gasteiger partial charge is 0.352 e. The van der Waals surface area contributed by atoms with Crippen LogP contribution in [0.15, 0.2) is 28.1 Å². The van der Waals surface area contributed by atoms with Gasteiger partial charge in [-0.3, -0.25) is 4.79 Å². The number of amides is 1. The van der Waals surface area contributed by atoms with Gasteiger partial charge in [0.2, 0.25) is 11.7 Å². The first-order valence-corrected chi connectivity index (χ1v) is 10.2. The van der Waals surface area contributed by atoms with Crippen molar-refractivity contribution < 1.29 is 9.32 Å². The average molecular weight is 416 g/mol. The molecule has 25 heavy (non-hydrogen) atoms. The van der Waals surface area contributed by atoms with Crippen molar-refractivity contribution in [2.45, 2.75) is 25.7 Å².